The summed E-state index contributed by atoms with van der Waals surface area (Å²) in [6.45, 7) is 6.06. The highest BCUT2D eigenvalue weighted by molar-refractivity contribution is 5.94. The van der Waals surface area contributed by atoms with Gasteiger partial charge in [-0.15, -0.1) is 0 Å². The summed E-state index contributed by atoms with van der Waals surface area (Å²) < 4.78 is 0. The number of piperidine rings is 1. The van der Waals surface area contributed by atoms with Crippen molar-refractivity contribution in [2.45, 2.75) is 26.7 Å². The molecule has 0 N–H and O–H groups in total. The molecule has 1 aromatic carbocycles. The lowest BCUT2D eigenvalue weighted by Gasteiger charge is -2.31. The zero-order valence-electron chi connectivity index (χ0n) is 10.1. The number of rotatable bonds is 1. The molecule has 1 atom stereocenters. The zero-order valence-corrected chi connectivity index (χ0v) is 10.1. The molecule has 1 aliphatic heterocycles. The van der Waals surface area contributed by atoms with Crippen LogP contribution in [0.25, 0.3) is 0 Å². The van der Waals surface area contributed by atoms with E-state index < -0.39 is 0 Å². The quantitative estimate of drug-likeness (QED) is 0.708. The highest BCUT2D eigenvalue weighted by Gasteiger charge is 2.21. The van der Waals surface area contributed by atoms with Crippen molar-refractivity contribution in [2.24, 2.45) is 5.92 Å². The molecule has 86 valence electrons. The summed E-state index contributed by atoms with van der Waals surface area (Å²) in [6.07, 6.45) is 2.39. The number of carbonyl (C=O) groups excluding carboxylic acids is 1. The van der Waals surface area contributed by atoms with Crippen molar-refractivity contribution in [3.05, 3.63) is 35.4 Å². The number of aryl methyl sites for hydroxylation is 1. The molecule has 1 fully saturated rings. The summed E-state index contributed by atoms with van der Waals surface area (Å²) >= 11 is 0. The van der Waals surface area contributed by atoms with Crippen LogP contribution in [0.1, 0.15) is 35.7 Å². The Morgan fingerprint density at radius 1 is 1.44 bits per heavy atom. The SMILES string of the molecule is Cc1cccc(C(=O)N2CCC[C@@H](C)C2)c1. The number of amides is 1. The van der Waals surface area contributed by atoms with Crippen LogP contribution in [-0.2, 0) is 0 Å². The highest BCUT2D eigenvalue weighted by atomic mass is 16.2. The summed E-state index contributed by atoms with van der Waals surface area (Å²) in [5, 5.41) is 0. The van der Waals surface area contributed by atoms with Gasteiger partial charge < -0.3 is 4.90 Å². The van der Waals surface area contributed by atoms with Gasteiger partial charge in [-0.1, -0.05) is 24.6 Å². The summed E-state index contributed by atoms with van der Waals surface area (Å²) in [6, 6.07) is 7.86. The van der Waals surface area contributed by atoms with Crippen molar-refractivity contribution >= 4 is 5.91 Å². The first-order valence-corrected chi connectivity index (χ1v) is 6.03. The van der Waals surface area contributed by atoms with Crippen LogP contribution in [0.3, 0.4) is 0 Å². The fourth-order valence-corrected chi connectivity index (χ4v) is 2.33. The molecule has 2 nitrogen and oxygen atoms in total. The molecule has 1 heterocycles. The number of hydrogen-bond acceptors (Lipinski definition) is 1. The topological polar surface area (TPSA) is 20.3 Å². The van der Waals surface area contributed by atoms with Gasteiger partial charge in [-0.05, 0) is 37.8 Å². The van der Waals surface area contributed by atoms with Crippen LogP contribution in [0, 0.1) is 12.8 Å². The summed E-state index contributed by atoms with van der Waals surface area (Å²) in [7, 11) is 0. The van der Waals surface area contributed by atoms with Gasteiger partial charge in [0, 0.05) is 18.7 Å². The van der Waals surface area contributed by atoms with E-state index in [1.807, 2.05) is 36.1 Å². The van der Waals surface area contributed by atoms with E-state index >= 15 is 0 Å². The van der Waals surface area contributed by atoms with Crippen LogP contribution in [0.15, 0.2) is 24.3 Å². The van der Waals surface area contributed by atoms with E-state index in [-0.39, 0.29) is 5.91 Å². The smallest absolute Gasteiger partial charge is 0.253 e. The lowest BCUT2D eigenvalue weighted by atomic mass is 9.99. The van der Waals surface area contributed by atoms with Crippen molar-refractivity contribution in [3.8, 4) is 0 Å². The van der Waals surface area contributed by atoms with Crippen molar-refractivity contribution in [1.82, 2.24) is 4.90 Å². The average molecular weight is 217 g/mol. The number of benzene rings is 1. The van der Waals surface area contributed by atoms with E-state index in [4.69, 9.17) is 0 Å². The molecule has 0 saturated carbocycles. The van der Waals surface area contributed by atoms with Gasteiger partial charge in [0.05, 0.1) is 0 Å². The Morgan fingerprint density at radius 2 is 2.25 bits per heavy atom. The lowest BCUT2D eigenvalue weighted by molar-refractivity contribution is 0.0683. The third-order valence-electron chi connectivity index (χ3n) is 3.21. The molecular weight excluding hydrogens is 198 g/mol. The van der Waals surface area contributed by atoms with E-state index in [1.165, 1.54) is 6.42 Å². The molecule has 1 aromatic rings. The van der Waals surface area contributed by atoms with Gasteiger partial charge in [-0.25, -0.2) is 0 Å². The molecule has 1 amide bonds. The molecule has 2 rings (SSSR count). The van der Waals surface area contributed by atoms with Crippen LogP contribution in [0.5, 0.6) is 0 Å². The van der Waals surface area contributed by atoms with Crippen LogP contribution >= 0.6 is 0 Å². The molecule has 0 radical (unpaired) electrons. The molecule has 0 unspecified atom stereocenters. The second-order valence-electron chi connectivity index (χ2n) is 4.87. The Balaban J connectivity index is 2.12. The van der Waals surface area contributed by atoms with Crippen molar-refractivity contribution in [2.75, 3.05) is 13.1 Å². The highest BCUT2D eigenvalue weighted by Crippen LogP contribution is 2.18. The van der Waals surface area contributed by atoms with E-state index in [9.17, 15) is 4.79 Å². The first-order chi connectivity index (χ1) is 7.66. The van der Waals surface area contributed by atoms with E-state index in [0.29, 0.717) is 5.92 Å². The van der Waals surface area contributed by atoms with Gasteiger partial charge in [0.2, 0.25) is 0 Å². The lowest BCUT2D eigenvalue weighted by Crippen LogP contribution is -2.39. The van der Waals surface area contributed by atoms with Crippen molar-refractivity contribution in [3.63, 3.8) is 0 Å². The fraction of sp³-hybridized carbons (Fsp3) is 0.500. The third kappa shape index (κ3) is 2.43. The largest absolute Gasteiger partial charge is 0.338 e. The maximum absolute atomic E-state index is 12.2. The van der Waals surface area contributed by atoms with Gasteiger partial charge in [0.1, 0.15) is 0 Å². The van der Waals surface area contributed by atoms with E-state index in [1.54, 1.807) is 0 Å². The molecule has 0 bridgehead atoms. The molecular formula is C14H19NO. The molecule has 0 aliphatic carbocycles. The molecule has 16 heavy (non-hydrogen) atoms. The number of likely N-dealkylation sites (tertiary alicyclic amines) is 1. The second kappa shape index (κ2) is 4.69. The molecule has 1 aliphatic rings. The van der Waals surface area contributed by atoms with Gasteiger partial charge in [-0.2, -0.15) is 0 Å². The molecule has 1 saturated heterocycles. The van der Waals surface area contributed by atoms with Crippen molar-refractivity contribution in [1.29, 1.82) is 0 Å². The van der Waals surface area contributed by atoms with Crippen LogP contribution < -0.4 is 0 Å². The number of hydrogen-bond donors (Lipinski definition) is 0. The van der Waals surface area contributed by atoms with E-state index in [2.05, 4.69) is 6.92 Å². The maximum Gasteiger partial charge on any atom is 0.253 e. The molecule has 0 aromatic heterocycles. The van der Waals surface area contributed by atoms with Crippen LogP contribution in [0.2, 0.25) is 0 Å². The Bertz CT molecular complexity index is 386. The number of carbonyl (C=O) groups is 1. The van der Waals surface area contributed by atoms with Gasteiger partial charge >= 0.3 is 0 Å². The summed E-state index contributed by atoms with van der Waals surface area (Å²) in [5.41, 5.74) is 1.98. The predicted octanol–water partition coefficient (Wildman–Crippen LogP) is 2.87. The average Bonchev–Trinajstić information content (AvgIpc) is 2.28. The van der Waals surface area contributed by atoms with Gasteiger partial charge in [0.25, 0.3) is 5.91 Å². The van der Waals surface area contributed by atoms with Gasteiger partial charge in [0.15, 0.2) is 0 Å². The first kappa shape index (κ1) is 11.2. The van der Waals surface area contributed by atoms with Crippen molar-refractivity contribution < 1.29 is 4.79 Å². The standard InChI is InChI=1S/C14H19NO/c1-11-5-3-7-13(9-11)14(16)15-8-4-6-12(2)10-15/h3,5,7,9,12H,4,6,8,10H2,1-2H3/t12-/m1/s1. The number of nitrogens with zero attached hydrogens (tertiary/aromatic N) is 1. The fourth-order valence-electron chi connectivity index (χ4n) is 2.33. The zero-order chi connectivity index (χ0) is 11.5. The Labute approximate surface area is 97.3 Å². The normalized spacial score (nSPS) is 20.9. The van der Waals surface area contributed by atoms with E-state index in [0.717, 1.165) is 30.6 Å². The minimum Gasteiger partial charge on any atom is -0.338 e. The van der Waals surface area contributed by atoms with Gasteiger partial charge in [-0.3, -0.25) is 4.79 Å². The minimum atomic E-state index is 0.190. The predicted molar refractivity (Wildman–Crippen MR) is 65.5 cm³/mol. The third-order valence-corrected chi connectivity index (χ3v) is 3.21. The Hall–Kier alpha value is -1.31. The minimum absolute atomic E-state index is 0.190. The first-order valence-electron chi connectivity index (χ1n) is 6.03. The Kier molecular flexibility index (Phi) is 3.28. The maximum atomic E-state index is 12.2. The summed E-state index contributed by atoms with van der Waals surface area (Å²) in [4.78, 5) is 14.2. The molecule has 0 spiro atoms. The monoisotopic (exact) mass is 217 g/mol. The Morgan fingerprint density at radius 3 is 2.94 bits per heavy atom. The van der Waals surface area contributed by atoms with Crippen LogP contribution in [0.4, 0.5) is 0 Å². The molecule has 2 heteroatoms. The van der Waals surface area contributed by atoms with Crippen LogP contribution in [-0.4, -0.2) is 23.9 Å². The summed E-state index contributed by atoms with van der Waals surface area (Å²) in [5.74, 6) is 0.831. The second-order valence-corrected chi connectivity index (χ2v) is 4.87.